The second kappa shape index (κ2) is 4.19. The van der Waals surface area contributed by atoms with Crippen LogP contribution in [0.3, 0.4) is 0 Å². The third-order valence-corrected chi connectivity index (χ3v) is 7.72. The van der Waals surface area contributed by atoms with E-state index in [0.29, 0.717) is 0 Å². The first-order valence-corrected chi connectivity index (χ1v) is 8.17. The van der Waals surface area contributed by atoms with E-state index in [9.17, 15) is 14.7 Å². The van der Waals surface area contributed by atoms with Crippen molar-refractivity contribution in [2.75, 3.05) is 0 Å². The zero-order chi connectivity index (χ0) is 12.9. The van der Waals surface area contributed by atoms with Gasteiger partial charge in [-0.3, -0.25) is 0 Å². The van der Waals surface area contributed by atoms with Gasteiger partial charge in [0, 0.05) is 0 Å². The van der Waals surface area contributed by atoms with E-state index >= 15 is 0 Å². The Morgan fingerprint density at radius 1 is 1.56 bits per heavy atom. The number of carbonyl (C=O) groups excluding carboxylic acids is 2. The fraction of sp³-hybridized carbons (Fsp3) is 0.692. The summed E-state index contributed by atoms with van der Waals surface area (Å²) in [6, 6.07) is -0.136. The molecule has 0 radical (unpaired) electrons. The fourth-order valence-electron chi connectivity index (χ4n) is 3.22. The number of hydrogen-bond donors (Lipinski definition) is 2. The number of rotatable bonds is 2. The Labute approximate surface area is 112 Å². The number of carbonyl (C=O) groups is 2. The first kappa shape index (κ1) is 12.4. The van der Waals surface area contributed by atoms with Crippen molar-refractivity contribution >= 4 is 25.5 Å². The van der Waals surface area contributed by atoms with Crippen molar-refractivity contribution in [2.45, 2.75) is 42.6 Å². The Hall–Kier alpha value is -0.641. The van der Waals surface area contributed by atoms with E-state index in [4.69, 9.17) is 0 Å². The molecule has 98 valence electrons. The molecule has 18 heavy (non-hydrogen) atoms. The molecular weight excluding hydrogens is 297 g/mol. The quantitative estimate of drug-likeness (QED) is 0.436. The van der Waals surface area contributed by atoms with Crippen molar-refractivity contribution in [3.05, 3.63) is 12.2 Å². The van der Waals surface area contributed by atoms with Gasteiger partial charge in [0.1, 0.15) is 0 Å². The minimum absolute atomic E-state index is 0.0345. The van der Waals surface area contributed by atoms with E-state index in [1.807, 2.05) is 13.0 Å². The summed E-state index contributed by atoms with van der Waals surface area (Å²) in [4.78, 5) is 23.9. The molecule has 0 aromatic heterocycles. The summed E-state index contributed by atoms with van der Waals surface area (Å²) in [6.07, 6.45) is 6.42. The van der Waals surface area contributed by atoms with Crippen molar-refractivity contribution < 1.29 is 14.7 Å². The van der Waals surface area contributed by atoms with Gasteiger partial charge in [-0.05, 0) is 0 Å². The summed E-state index contributed by atoms with van der Waals surface area (Å²) in [5.41, 5.74) is 0. The maximum absolute atomic E-state index is 12.0. The normalized spacial score (nSPS) is 44.2. The average molecular weight is 314 g/mol. The van der Waals surface area contributed by atoms with Gasteiger partial charge < -0.3 is 0 Å². The predicted octanol–water partition coefficient (Wildman–Crippen LogP) is 0.241. The zero-order valence-corrected chi connectivity index (χ0v) is 12.0. The summed E-state index contributed by atoms with van der Waals surface area (Å²) in [7, 11) is 0. The molecule has 2 heterocycles. The Morgan fingerprint density at radius 3 is 2.89 bits per heavy atom. The van der Waals surface area contributed by atoms with Gasteiger partial charge in [-0.2, -0.15) is 0 Å². The van der Waals surface area contributed by atoms with Crippen LogP contribution in [-0.2, 0) is 9.59 Å². The Morgan fingerprint density at radius 2 is 2.33 bits per heavy atom. The summed E-state index contributed by atoms with van der Waals surface area (Å²) < 4.78 is -0.625. The van der Waals surface area contributed by atoms with Crippen LogP contribution in [-0.4, -0.2) is 42.8 Å². The Kier molecular flexibility index (Phi) is 2.88. The van der Waals surface area contributed by atoms with Gasteiger partial charge in [0.2, 0.25) is 0 Å². The molecule has 5 heteroatoms. The monoisotopic (exact) mass is 315 g/mol. The molecule has 2 N–H and O–H groups in total. The van der Waals surface area contributed by atoms with Crippen molar-refractivity contribution in [3.8, 4) is 0 Å². The van der Waals surface area contributed by atoms with Crippen LogP contribution in [0.4, 0.5) is 0 Å². The van der Waals surface area contributed by atoms with Crippen molar-refractivity contribution in [1.82, 2.24) is 5.32 Å². The number of aliphatic hydroxyl groups is 1. The van der Waals surface area contributed by atoms with Crippen LogP contribution in [0, 0.1) is 11.8 Å². The molecule has 1 amide bonds. The number of hydrogen-bond acceptors (Lipinski definition) is 3. The average Bonchev–Trinajstić information content (AvgIpc) is 2.60. The van der Waals surface area contributed by atoms with E-state index < -0.39 is 25.4 Å². The second-order valence-electron chi connectivity index (χ2n) is 5.42. The SMILES string of the molecule is CC1C(=O)[Se][C@@]2([C@@H](O)C3C=CCCC3)C(=O)N[C@@H]12. The molecule has 3 rings (SSSR count). The third-order valence-electron chi connectivity index (χ3n) is 4.38. The molecule has 2 unspecified atom stereocenters. The molecule has 5 atom stereocenters. The summed E-state index contributed by atoms with van der Waals surface area (Å²) in [6.45, 7) is 1.86. The second-order valence-corrected chi connectivity index (χ2v) is 8.11. The van der Waals surface area contributed by atoms with Crippen molar-refractivity contribution in [1.29, 1.82) is 0 Å². The number of allylic oxidation sites excluding steroid dienone is 1. The van der Waals surface area contributed by atoms with Crippen LogP contribution in [0.15, 0.2) is 12.2 Å². The van der Waals surface area contributed by atoms with Crippen LogP contribution in [0.1, 0.15) is 26.2 Å². The van der Waals surface area contributed by atoms with Crippen LogP contribution >= 0.6 is 0 Å². The van der Waals surface area contributed by atoms with Crippen molar-refractivity contribution in [2.24, 2.45) is 11.8 Å². The number of nitrogens with one attached hydrogen (secondary N) is 1. The van der Waals surface area contributed by atoms with Gasteiger partial charge in [0.05, 0.1) is 0 Å². The van der Waals surface area contributed by atoms with Gasteiger partial charge >= 0.3 is 112 Å². The maximum atomic E-state index is 12.0. The first-order chi connectivity index (χ1) is 8.57. The van der Waals surface area contributed by atoms with Crippen molar-refractivity contribution in [3.63, 3.8) is 0 Å². The fourth-order valence-corrected chi connectivity index (χ4v) is 6.36. The molecule has 2 aliphatic heterocycles. The number of amides is 1. The molecule has 0 aromatic carbocycles. The number of aliphatic hydroxyl groups excluding tert-OH is 1. The van der Waals surface area contributed by atoms with E-state index in [2.05, 4.69) is 11.4 Å². The van der Waals surface area contributed by atoms with Crippen LogP contribution in [0.25, 0.3) is 0 Å². The van der Waals surface area contributed by atoms with Gasteiger partial charge in [-0.1, -0.05) is 0 Å². The van der Waals surface area contributed by atoms with E-state index in [1.165, 1.54) is 0 Å². The molecule has 1 aliphatic carbocycles. The molecule has 3 aliphatic rings. The minimum atomic E-state index is -0.782. The summed E-state index contributed by atoms with van der Waals surface area (Å²) in [5, 5.41) is 13.4. The number of fused-ring (bicyclic) bond motifs is 1. The standard InChI is InChI=1S/C13H17NO3Se/c1-7-9-13(12(17)14-9,18-11(7)16)10(15)8-5-3-2-4-6-8/h3,5,7-10,15H,2,4,6H2,1H3,(H,14,17)/t7?,8?,9-,10-,13-/m0/s1. The molecule has 4 nitrogen and oxygen atoms in total. The summed E-state index contributed by atoms with van der Waals surface area (Å²) >= 11 is -0.426. The Bertz CT molecular complexity index is 436. The van der Waals surface area contributed by atoms with Crippen LogP contribution < -0.4 is 5.32 Å². The van der Waals surface area contributed by atoms with Gasteiger partial charge in [0.25, 0.3) is 0 Å². The molecule has 0 bridgehead atoms. The third kappa shape index (κ3) is 1.47. The predicted molar refractivity (Wildman–Crippen MR) is 67.0 cm³/mol. The van der Waals surface area contributed by atoms with Gasteiger partial charge in [-0.25, -0.2) is 0 Å². The van der Waals surface area contributed by atoms with Gasteiger partial charge in [0.15, 0.2) is 0 Å². The number of β-lactam (4-membered cyclic amide) rings is 1. The topological polar surface area (TPSA) is 66.4 Å². The van der Waals surface area contributed by atoms with Crippen LogP contribution in [0.2, 0.25) is 4.31 Å². The molecule has 0 aromatic rings. The molecule has 2 saturated heterocycles. The first-order valence-electron chi connectivity index (χ1n) is 6.46. The molecule has 0 spiro atoms. The Balaban J connectivity index is 1.89. The van der Waals surface area contributed by atoms with Crippen LogP contribution in [0.5, 0.6) is 0 Å². The van der Waals surface area contributed by atoms with E-state index in [-0.39, 0.29) is 28.5 Å². The van der Waals surface area contributed by atoms with Gasteiger partial charge in [-0.15, -0.1) is 0 Å². The zero-order valence-electron chi connectivity index (χ0n) is 10.3. The van der Waals surface area contributed by atoms with E-state index in [0.717, 1.165) is 19.3 Å². The van der Waals surface area contributed by atoms with E-state index in [1.54, 1.807) is 0 Å². The molecule has 2 fully saturated rings. The summed E-state index contributed by atoms with van der Waals surface area (Å²) in [5.74, 6) is -0.214. The molecule has 0 saturated carbocycles. The molecular formula is C13H17NO3Se.